The Hall–Kier alpha value is -3.05. The first-order valence-corrected chi connectivity index (χ1v) is 9.15. The Kier molecular flexibility index (Phi) is 4.47. The van der Waals surface area contributed by atoms with Crippen molar-refractivity contribution in [1.82, 2.24) is 24.5 Å². The molecule has 4 aromatic rings. The van der Waals surface area contributed by atoms with Crippen molar-refractivity contribution in [3.63, 3.8) is 0 Å². The van der Waals surface area contributed by atoms with E-state index in [9.17, 15) is 17.7 Å². The number of para-hydroxylation sites is 1. The second-order valence-electron chi connectivity index (χ2n) is 5.90. The third-order valence-electron chi connectivity index (χ3n) is 4.04. The Balaban J connectivity index is 1.60. The number of aryl methyl sites for hydroxylation is 1. The van der Waals surface area contributed by atoms with Crippen LogP contribution in [0, 0.1) is 0 Å². The highest BCUT2D eigenvalue weighted by atomic mass is 32.2. The lowest BCUT2D eigenvalue weighted by Gasteiger charge is -2.11. The van der Waals surface area contributed by atoms with Gasteiger partial charge in [0.15, 0.2) is 5.82 Å². The van der Waals surface area contributed by atoms with Gasteiger partial charge in [0.25, 0.3) is 0 Å². The van der Waals surface area contributed by atoms with E-state index in [0.717, 1.165) is 33.9 Å². The summed E-state index contributed by atoms with van der Waals surface area (Å²) in [5, 5.41) is 9.03. The van der Waals surface area contributed by atoms with Gasteiger partial charge in [0.2, 0.25) is 4.90 Å². The Morgan fingerprint density at radius 2 is 1.96 bits per heavy atom. The predicted octanol–water partition coefficient (Wildman–Crippen LogP) is 3.31. The number of alkyl halides is 3. The molecule has 0 amide bonds. The number of nitrogens with one attached hydrogen (secondary N) is 1. The minimum atomic E-state index is -4.49. The molecule has 0 saturated carbocycles. The van der Waals surface area contributed by atoms with Gasteiger partial charge in [-0.1, -0.05) is 12.1 Å². The van der Waals surface area contributed by atoms with E-state index in [1.165, 1.54) is 12.4 Å². The molecule has 0 aliphatic carbocycles. The summed E-state index contributed by atoms with van der Waals surface area (Å²) in [6.07, 6.45) is 0.946. The zero-order chi connectivity index (χ0) is 19.9. The minimum absolute atomic E-state index is 0.0215. The van der Waals surface area contributed by atoms with Crippen LogP contribution in [0.25, 0.3) is 16.7 Å². The van der Waals surface area contributed by atoms with Gasteiger partial charge in [0.1, 0.15) is 23.2 Å². The molecule has 0 aliphatic heterocycles. The first kappa shape index (κ1) is 18.3. The van der Waals surface area contributed by atoms with Gasteiger partial charge < -0.3 is 4.55 Å². The summed E-state index contributed by atoms with van der Waals surface area (Å²) in [5.41, 5.74) is 0.556. The Morgan fingerprint density at radius 1 is 1.14 bits per heavy atom. The smallest absolute Gasteiger partial charge is 0.416 e. The van der Waals surface area contributed by atoms with Gasteiger partial charge >= 0.3 is 6.18 Å². The van der Waals surface area contributed by atoms with Crippen LogP contribution in [0.15, 0.2) is 60.0 Å². The molecule has 0 bridgehead atoms. The zero-order valence-electron chi connectivity index (χ0n) is 14.4. The standard InChI is InChI=1S/C17H13F3N6OS/c1-25-16-11(8-22-25)3-2-4-14(16)24-28(27)13-9-23-26(10-13)15-7-12(5-6-21-15)17(18,19)20/h2-10,24H,1H3. The largest absolute Gasteiger partial charge is 0.588 e. The summed E-state index contributed by atoms with van der Waals surface area (Å²) in [6, 6.07) is 7.21. The molecule has 7 nitrogen and oxygen atoms in total. The van der Waals surface area contributed by atoms with Crippen LogP contribution in [0.2, 0.25) is 0 Å². The van der Waals surface area contributed by atoms with E-state index in [1.807, 2.05) is 6.07 Å². The first-order valence-electron chi connectivity index (χ1n) is 8.00. The summed E-state index contributed by atoms with van der Waals surface area (Å²) >= 11 is -1.68. The van der Waals surface area contributed by atoms with Crippen molar-refractivity contribution >= 4 is 28.0 Å². The van der Waals surface area contributed by atoms with Gasteiger partial charge in [0.05, 0.1) is 23.5 Å². The molecule has 1 unspecified atom stereocenters. The Labute approximate surface area is 160 Å². The molecule has 4 rings (SSSR count). The maximum absolute atomic E-state index is 12.9. The zero-order valence-corrected chi connectivity index (χ0v) is 15.2. The fourth-order valence-corrected chi connectivity index (χ4v) is 3.54. The van der Waals surface area contributed by atoms with Crippen molar-refractivity contribution in [3.05, 3.63) is 60.7 Å². The van der Waals surface area contributed by atoms with Crippen molar-refractivity contribution < 1.29 is 17.7 Å². The van der Waals surface area contributed by atoms with Crippen LogP contribution in [0.5, 0.6) is 0 Å². The van der Waals surface area contributed by atoms with Gasteiger partial charge in [-0.25, -0.2) is 14.4 Å². The Bertz CT molecular complexity index is 1140. The van der Waals surface area contributed by atoms with Crippen molar-refractivity contribution in [2.75, 3.05) is 4.72 Å². The molecular formula is C17H13F3N6OS. The number of rotatable bonds is 4. The maximum atomic E-state index is 12.9. The van der Waals surface area contributed by atoms with Crippen LogP contribution < -0.4 is 4.72 Å². The normalized spacial score (nSPS) is 13.0. The molecule has 0 saturated heterocycles. The van der Waals surface area contributed by atoms with E-state index in [0.29, 0.717) is 10.6 Å². The van der Waals surface area contributed by atoms with Crippen molar-refractivity contribution in [2.45, 2.75) is 11.1 Å². The van der Waals surface area contributed by atoms with Crippen LogP contribution in [-0.2, 0) is 24.6 Å². The van der Waals surface area contributed by atoms with Gasteiger partial charge in [-0.2, -0.15) is 23.4 Å². The molecule has 1 atom stereocenters. The number of halogens is 3. The lowest BCUT2D eigenvalue weighted by molar-refractivity contribution is -0.137. The SMILES string of the molecule is Cn1ncc2cccc(N[S+]([O-])c3cnn(-c4cc(C(F)(F)F)ccn4)c3)c21. The average molecular weight is 406 g/mol. The van der Waals surface area contributed by atoms with E-state index in [1.54, 1.807) is 30.1 Å². The van der Waals surface area contributed by atoms with Gasteiger partial charge in [-0.15, -0.1) is 0 Å². The van der Waals surface area contributed by atoms with Gasteiger partial charge in [-0.05, 0) is 18.2 Å². The van der Waals surface area contributed by atoms with Crippen LogP contribution in [0.1, 0.15) is 5.56 Å². The molecule has 11 heteroatoms. The summed E-state index contributed by atoms with van der Waals surface area (Å²) in [6.45, 7) is 0. The van der Waals surface area contributed by atoms with Crippen LogP contribution >= 0.6 is 0 Å². The van der Waals surface area contributed by atoms with E-state index in [4.69, 9.17) is 0 Å². The third kappa shape index (κ3) is 3.41. The lowest BCUT2D eigenvalue weighted by atomic mass is 10.2. The second-order valence-corrected chi connectivity index (χ2v) is 7.12. The van der Waals surface area contributed by atoms with Crippen LogP contribution in [-0.4, -0.2) is 29.1 Å². The molecular weight excluding hydrogens is 393 g/mol. The molecule has 3 heterocycles. The number of nitrogens with zero attached hydrogens (tertiary/aromatic N) is 5. The van der Waals surface area contributed by atoms with Crippen LogP contribution in [0.4, 0.5) is 18.9 Å². The maximum Gasteiger partial charge on any atom is 0.416 e. The summed E-state index contributed by atoms with van der Waals surface area (Å²) in [7, 11) is 1.77. The molecule has 28 heavy (non-hydrogen) atoms. The third-order valence-corrected chi connectivity index (χ3v) is 5.09. The summed E-state index contributed by atoms with van der Waals surface area (Å²) in [5.74, 6) is -0.0215. The number of anilines is 1. The predicted molar refractivity (Wildman–Crippen MR) is 97.1 cm³/mol. The van der Waals surface area contributed by atoms with Crippen molar-refractivity contribution in [3.8, 4) is 5.82 Å². The molecule has 0 spiro atoms. The minimum Gasteiger partial charge on any atom is -0.588 e. The highest BCUT2D eigenvalue weighted by molar-refractivity contribution is 7.92. The summed E-state index contributed by atoms with van der Waals surface area (Å²) < 4.78 is 57.0. The first-order chi connectivity index (χ1) is 13.3. The molecule has 1 aromatic carbocycles. The number of pyridine rings is 1. The lowest BCUT2D eigenvalue weighted by Crippen LogP contribution is -2.13. The Morgan fingerprint density at radius 3 is 2.75 bits per heavy atom. The summed E-state index contributed by atoms with van der Waals surface area (Å²) in [4.78, 5) is 4.19. The molecule has 3 aromatic heterocycles. The van der Waals surface area contributed by atoms with Gasteiger partial charge in [0, 0.05) is 18.6 Å². The van der Waals surface area contributed by atoms with Gasteiger partial charge in [-0.3, -0.25) is 4.68 Å². The molecule has 0 fully saturated rings. The highest BCUT2D eigenvalue weighted by Crippen LogP contribution is 2.30. The molecule has 1 N–H and O–H groups in total. The second kappa shape index (κ2) is 6.84. The van der Waals surface area contributed by atoms with Crippen molar-refractivity contribution in [1.29, 1.82) is 0 Å². The number of hydrogen-bond acceptors (Lipinski definition) is 5. The topological polar surface area (TPSA) is 83.6 Å². The van der Waals surface area contributed by atoms with E-state index in [2.05, 4.69) is 19.9 Å². The highest BCUT2D eigenvalue weighted by Gasteiger charge is 2.31. The monoisotopic (exact) mass is 406 g/mol. The number of benzene rings is 1. The molecule has 144 valence electrons. The molecule has 0 radical (unpaired) electrons. The fourth-order valence-electron chi connectivity index (χ4n) is 2.72. The number of hydrogen-bond donors (Lipinski definition) is 1. The quantitative estimate of drug-likeness (QED) is 0.526. The fraction of sp³-hybridized carbons (Fsp3) is 0.118. The molecule has 0 aliphatic rings. The van der Waals surface area contributed by atoms with Crippen molar-refractivity contribution in [2.24, 2.45) is 7.05 Å². The van der Waals surface area contributed by atoms with Crippen LogP contribution in [0.3, 0.4) is 0 Å². The van der Waals surface area contributed by atoms with E-state index >= 15 is 0 Å². The number of fused-ring (bicyclic) bond motifs is 1. The average Bonchev–Trinajstić information content (AvgIpc) is 3.29. The van der Waals surface area contributed by atoms with E-state index < -0.39 is 23.1 Å². The number of aromatic nitrogens is 5. The van der Waals surface area contributed by atoms with E-state index in [-0.39, 0.29) is 5.82 Å².